The summed E-state index contributed by atoms with van der Waals surface area (Å²) in [5.41, 5.74) is 2.19. The zero-order valence-corrected chi connectivity index (χ0v) is 13.3. The summed E-state index contributed by atoms with van der Waals surface area (Å²) < 4.78 is 5.55. The molecule has 0 saturated heterocycles. The molecule has 0 radical (unpaired) electrons. The molecule has 0 spiro atoms. The molecule has 1 N–H and O–H groups in total. The van der Waals surface area contributed by atoms with E-state index in [2.05, 4.69) is 22.4 Å². The van der Waals surface area contributed by atoms with Gasteiger partial charge in [0.25, 0.3) is 5.91 Å². The van der Waals surface area contributed by atoms with Gasteiger partial charge in [0.05, 0.1) is 0 Å². The van der Waals surface area contributed by atoms with Gasteiger partial charge in [0, 0.05) is 6.42 Å². The topological polar surface area (TPSA) is 64.1 Å². The van der Waals surface area contributed by atoms with E-state index in [4.69, 9.17) is 4.74 Å². The highest BCUT2D eigenvalue weighted by atomic mass is 32.1. The molecule has 1 aromatic heterocycles. The van der Waals surface area contributed by atoms with E-state index in [1.807, 2.05) is 32.0 Å². The molecular formula is C15H19N3O2S. The molecule has 0 fully saturated rings. The number of rotatable bonds is 6. The molecule has 2 rings (SSSR count). The summed E-state index contributed by atoms with van der Waals surface area (Å²) in [6, 6.07) is 5.79. The number of nitrogens with one attached hydrogen (secondary N) is 1. The van der Waals surface area contributed by atoms with E-state index < -0.39 is 0 Å². The number of carbonyl (C=O) groups is 1. The summed E-state index contributed by atoms with van der Waals surface area (Å²) in [6.07, 6.45) is 1.89. The summed E-state index contributed by atoms with van der Waals surface area (Å²) >= 11 is 1.40. The van der Waals surface area contributed by atoms with E-state index in [1.165, 1.54) is 11.3 Å². The van der Waals surface area contributed by atoms with Gasteiger partial charge in [0.1, 0.15) is 10.8 Å². The molecule has 112 valence electrons. The second-order valence-corrected chi connectivity index (χ2v) is 5.85. The number of aromatic nitrogens is 2. The number of ether oxygens (including phenoxy) is 1. The van der Waals surface area contributed by atoms with Gasteiger partial charge in [-0.2, -0.15) is 0 Å². The van der Waals surface area contributed by atoms with Crippen molar-refractivity contribution in [3.05, 3.63) is 34.3 Å². The molecule has 0 saturated carbocycles. The third-order valence-electron chi connectivity index (χ3n) is 3.09. The van der Waals surface area contributed by atoms with Crippen molar-refractivity contribution in [1.29, 1.82) is 0 Å². The van der Waals surface area contributed by atoms with E-state index in [0.717, 1.165) is 34.7 Å². The summed E-state index contributed by atoms with van der Waals surface area (Å²) in [5.74, 6) is 0.504. The van der Waals surface area contributed by atoms with Crippen LogP contribution in [0.3, 0.4) is 0 Å². The van der Waals surface area contributed by atoms with E-state index >= 15 is 0 Å². The number of nitrogens with zero attached hydrogens (tertiary/aromatic N) is 2. The quantitative estimate of drug-likeness (QED) is 0.890. The first kappa shape index (κ1) is 15.4. The van der Waals surface area contributed by atoms with E-state index in [1.54, 1.807) is 0 Å². The third-order valence-corrected chi connectivity index (χ3v) is 3.99. The highest BCUT2D eigenvalue weighted by molar-refractivity contribution is 7.15. The Morgan fingerprint density at radius 1 is 1.33 bits per heavy atom. The second-order valence-electron chi connectivity index (χ2n) is 4.79. The van der Waals surface area contributed by atoms with Gasteiger partial charge in [0.15, 0.2) is 6.61 Å². The Morgan fingerprint density at radius 2 is 2.14 bits per heavy atom. The van der Waals surface area contributed by atoms with Crippen LogP contribution in [0.15, 0.2) is 18.2 Å². The van der Waals surface area contributed by atoms with Gasteiger partial charge < -0.3 is 4.74 Å². The molecule has 2 aromatic rings. The van der Waals surface area contributed by atoms with Crippen molar-refractivity contribution in [3.63, 3.8) is 0 Å². The van der Waals surface area contributed by atoms with Crippen molar-refractivity contribution < 1.29 is 9.53 Å². The van der Waals surface area contributed by atoms with Crippen LogP contribution in [0.25, 0.3) is 0 Å². The smallest absolute Gasteiger partial charge is 0.264 e. The minimum atomic E-state index is -0.227. The van der Waals surface area contributed by atoms with Crippen molar-refractivity contribution in [2.75, 3.05) is 11.9 Å². The number of anilines is 1. The maximum absolute atomic E-state index is 11.9. The summed E-state index contributed by atoms with van der Waals surface area (Å²) in [4.78, 5) is 11.9. The van der Waals surface area contributed by atoms with Crippen LogP contribution < -0.4 is 10.1 Å². The van der Waals surface area contributed by atoms with Crippen LogP contribution in [0.1, 0.15) is 29.5 Å². The maximum Gasteiger partial charge on any atom is 0.264 e. The SMILES string of the molecule is CCCc1nnc(NC(=O)COc2cccc(C)c2C)s1. The van der Waals surface area contributed by atoms with Crippen molar-refractivity contribution in [2.45, 2.75) is 33.6 Å². The predicted molar refractivity (Wildman–Crippen MR) is 83.9 cm³/mol. The Bertz CT molecular complexity index is 625. The van der Waals surface area contributed by atoms with E-state index in [9.17, 15) is 4.79 Å². The largest absolute Gasteiger partial charge is 0.483 e. The Labute approximate surface area is 128 Å². The van der Waals surface area contributed by atoms with Crippen LogP contribution in [0.5, 0.6) is 5.75 Å². The fourth-order valence-electron chi connectivity index (χ4n) is 1.80. The number of amides is 1. The Balaban J connectivity index is 1.88. The van der Waals surface area contributed by atoms with Crippen LogP contribution in [-0.2, 0) is 11.2 Å². The average molecular weight is 305 g/mol. The first-order valence-corrected chi connectivity index (χ1v) is 7.73. The standard InChI is InChI=1S/C15H19N3O2S/c1-4-6-14-17-18-15(21-14)16-13(19)9-20-12-8-5-7-10(2)11(12)3/h5,7-8H,4,6,9H2,1-3H3,(H,16,18,19). The lowest BCUT2D eigenvalue weighted by Crippen LogP contribution is -2.20. The molecule has 1 aromatic carbocycles. The van der Waals surface area contributed by atoms with Gasteiger partial charge in [0.2, 0.25) is 5.13 Å². The van der Waals surface area contributed by atoms with Crippen LogP contribution in [-0.4, -0.2) is 22.7 Å². The zero-order valence-electron chi connectivity index (χ0n) is 12.5. The Morgan fingerprint density at radius 3 is 2.90 bits per heavy atom. The van der Waals surface area contributed by atoms with Gasteiger partial charge in [-0.05, 0) is 37.5 Å². The summed E-state index contributed by atoms with van der Waals surface area (Å²) in [5, 5.41) is 12.1. The lowest BCUT2D eigenvalue weighted by Gasteiger charge is -2.10. The van der Waals surface area contributed by atoms with Crippen molar-refractivity contribution in [2.24, 2.45) is 0 Å². The molecule has 5 nitrogen and oxygen atoms in total. The molecule has 0 bridgehead atoms. The van der Waals surface area contributed by atoms with Gasteiger partial charge in [-0.15, -0.1) is 10.2 Å². The molecule has 1 heterocycles. The zero-order chi connectivity index (χ0) is 15.2. The van der Waals surface area contributed by atoms with Crippen molar-refractivity contribution >= 4 is 22.4 Å². The molecule has 6 heteroatoms. The fourth-order valence-corrected chi connectivity index (χ4v) is 2.66. The summed E-state index contributed by atoms with van der Waals surface area (Å²) in [6.45, 7) is 6.04. The monoisotopic (exact) mass is 305 g/mol. The molecule has 1 amide bonds. The first-order chi connectivity index (χ1) is 10.1. The van der Waals surface area contributed by atoms with E-state index in [-0.39, 0.29) is 12.5 Å². The number of hydrogen-bond donors (Lipinski definition) is 1. The first-order valence-electron chi connectivity index (χ1n) is 6.91. The van der Waals surface area contributed by atoms with E-state index in [0.29, 0.717) is 5.13 Å². The lowest BCUT2D eigenvalue weighted by molar-refractivity contribution is -0.118. The van der Waals surface area contributed by atoms with Crippen molar-refractivity contribution in [3.8, 4) is 5.75 Å². The minimum absolute atomic E-state index is 0.0347. The molecule has 0 aliphatic carbocycles. The molecule has 0 aliphatic rings. The molecular weight excluding hydrogens is 286 g/mol. The highest BCUT2D eigenvalue weighted by Crippen LogP contribution is 2.21. The lowest BCUT2D eigenvalue weighted by atomic mass is 10.1. The van der Waals surface area contributed by atoms with Gasteiger partial charge in [-0.25, -0.2) is 0 Å². The Hall–Kier alpha value is -1.95. The number of aryl methyl sites for hydroxylation is 2. The predicted octanol–water partition coefficient (Wildman–Crippen LogP) is 3.12. The average Bonchev–Trinajstić information content (AvgIpc) is 2.88. The van der Waals surface area contributed by atoms with Crippen LogP contribution in [0, 0.1) is 13.8 Å². The second kappa shape index (κ2) is 7.17. The van der Waals surface area contributed by atoms with Gasteiger partial charge in [-0.3, -0.25) is 10.1 Å². The molecule has 0 atom stereocenters. The van der Waals surface area contributed by atoms with Crippen LogP contribution >= 0.6 is 11.3 Å². The number of benzene rings is 1. The normalized spacial score (nSPS) is 10.4. The maximum atomic E-state index is 11.9. The van der Waals surface area contributed by atoms with Crippen LogP contribution in [0.2, 0.25) is 0 Å². The van der Waals surface area contributed by atoms with Crippen molar-refractivity contribution in [1.82, 2.24) is 10.2 Å². The number of carbonyl (C=O) groups excluding carboxylic acids is 1. The van der Waals surface area contributed by atoms with Gasteiger partial charge in [-0.1, -0.05) is 30.4 Å². The molecule has 21 heavy (non-hydrogen) atoms. The molecule has 0 aliphatic heterocycles. The molecule has 0 unspecified atom stereocenters. The minimum Gasteiger partial charge on any atom is -0.483 e. The Kier molecular flexibility index (Phi) is 5.27. The summed E-state index contributed by atoms with van der Waals surface area (Å²) in [7, 11) is 0. The van der Waals surface area contributed by atoms with Crippen LogP contribution in [0.4, 0.5) is 5.13 Å². The number of hydrogen-bond acceptors (Lipinski definition) is 5. The highest BCUT2D eigenvalue weighted by Gasteiger charge is 2.09. The van der Waals surface area contributed by atoms with Gasteiger partial charge >= 0.3 is 0 Å². The third kappa shape index (κ3) is 4.26. The fraction of sp³-hybridized carbons (Fsp3) is 0.400.